The number of methoxy groups -OCH3 is 1. The molecule has 7 nitrogen and oxygen atoms in total. The monoisotopic (exact) mass is 442 g/mol. The minimum Gasteiger partial charge on any atom is -0.495 e. The molecular formula is C21H19ClN4O3S. The fourth-order valence-corrected chi connectivity index (χ4v) is 4.21. The molecule has 0 fully saturated rings. The summed E-state index contributed by atoms with van der Waals surface area (Å²) < 4.78 is 12.1. The Bertz CT molecular complexity index is 1270. The number of benzene rings is 2. The average Bonchev–Trinajstić information content (AvgIpc) is 3.23. The molecule has 0 aliphatic carbocycles. The number of para-hydroxylation sites is 1. The highest BCUT2D eigenvalue weighted by molar-refractivity contribution is 7.99. The maximum Gasteiger partial charge on any atom is 0.266 e. The summed E-state index contributed by atoms with van der Waals surface area (Å²) in [5.41, 5.74) is 1.03. The number of aryl methyl sites for hydroxylation is 1. The van der Waals surface area contributed by atoms with Gasteiger partial charge in [0.1, 0.15) is 5.75 Å². The molecule has 0 aliphatic rings. The van der Waals surface area contributed by atoms with Crippen LogP contribution in [0.1, 0.15) is 30.8 Å². The van der Waals surface area contributed by atoms with Gasteiger partial charge in [0.2, 0.25) is 5.89 Å². The van der Waals surface area contributed by atoms with E-state index in [1.807, 2.05) is 32.0 Å². The highest BCUT2D eigenvalue weighted by Crippen LogP contribution is 2.35. The Kier molecular flexibility index (Phi) is 5.78. The number of hydrogen-bond donors (Lipinski definition) is 0. The van der Waals surface area contributed by atoms with Gasteiger partial charge in [0.25, 0.3) is 5.56 Å². The molecule has 9 heteroatoms. The number of rotatable bonds is 6. The Morgan fingerprint density at radius 3 is 2.73 bits per heavy atom. The van der Waals surface area contributed by atoms with Crippen LogP contribution in [0.5, 0.6) is 5.75 Å². The van der Waals surface area contributed by atoms with Gasteiger partial charge in [-0.1, -0.05) is 47.6 Å². The lowest BCUT2D eigenvalue weighted by molar-refractivity contribution is 0.375. The predicted octanol–water partition coefficient (Wildman–Crippen LogP) is 4.85. The van der Waals surface area contributed by atoms with Crippen molar-refractivity contribution in [2.75, 3.05) is 7.11 Å². The molecule has 1 unspecified atom stereocenters. The Balaban J connectivity index is 1.86. The van der Waals surface area contributed by atoms with Gasteiger partial charge in [-0.05, 0) is 37.3 Å². The summed E-state index contributed by atoms with van der Waals surface area (Å²) >= 11 is 7.69. The number of fused-ring (bicyclic) bond motifs is 1. The van der Waals surface area contributed by atoms with Crippen LogP contribution in [0.2, 0.25) is 5.02 Å². The summed E-state index contributed by atoms with van der Waals surface area (Å²) in [5.74, 6) is 1.66. The van der Waals surface area contributed by atoms with Crippen molar-refractivity contribution in [3.05, 3.63) is 69.6 Å². The van der Waals surface area contributed by atoms with E-state index in [-0.39, 0.29) is 10.8 Å². The van der Waals surface area contributed by atoms with Crippen LogP contribution in [-0.4, -0.2) is 26.8 Å². The molecule has 4 rings (SSSR count). The van der Waals surface area contributed by atoms with E-state index in [2.05, 4.69) is 10.1 Å². The van der Waals surface area contributed by atoms with Gasteiger partial charge in [-0.3, -0.25) is 9.36 Å². The van der Waals surface area contributed by atoms with E-state index in [1.165, 1.54) is 11.8 Å². The van der Waals surface area contributed by atoms with Gasteiger partial charge in [0, 0.05) is 6.42 Å². The minimum atomic E-state index is -0.203. The van der Waals surface area contributed by atoms with Crippen LogP contribution < -0.4 is 10.3 Å². The topological polar surface area (TPSA) is 83.0 Å². The van der Waals surface area contributed by atoms with Crippen molar-refractivity contribution < 1.29 is 9.26 Å². The lowest BCUT2D eigenvalue weighted by Crippen LogP contribution is -2.22. The molecule has 0 bridgehead atoms. The third-order valence-corrected chi connectivity index (χ3v) is 5.90. The molecule has 2 aromatic heterocycles. The van der Waals surface area contributed by atoms with Crippen LogP contribution in [0.4, 0.5) is 0 Å². The second kappa shape index (κ2) is 8.49. The third-order valence-electron chi connectivity index (χ3n) is 4.57. The summed E-state index contributed by atoms with van der Waals surface area (Å²) in [6, 6.07) is 12.4. The standard InChI is InChI=1S/C21H19ClN4O3S/c1-4-18-24-19(29-25-18)12(2)30-21-23-16-8-6-5-7-14(16)20(27)26(21)13-9-10-17(28-3)15(22)11-13/h5-12H,4H2,1-3H3. The molecule has 154 valence electrons. The van der Waals surface area contributed by atoms with Crippen molar-refractivity contribution in [3.63, 3.8) is 0 Å². The van der Waals surface area contributed by atoms with E-state index in [0.717, 1.165) is 0 Å². The van der Waals surface area contributed by atoms with Gasteiger partial charge in [0.15, 0.2) is 11.0 Å². The summed E-state index contributed by atoms with van der Waals surface area (Å²) in [7, 11) is 1.54. The zero-order valence-electron chi connectivity index (χ0n) is 16.6. The summed E-state index contributed by atoms with van der Waals surface area (Å²) in [6.45, 7) is 3.90. The fourth-order valence-electron chi connectivity index (χ4n) is 3.00. The Morgan fingerprint density at radius 1 is 1.23 bits per heavy atom. The van der Waals surface area contributed by atoms with Crippen molar-refractivity contribution in [1.29, 1.82) is 0 Å². The first-order valence-electron chi connectivity index (χ1n) is 9.36. The molecule has 1 atom stereocenters. The van der Waals surface area contributed by atoms with E-state index < -0.39 is 0 Å². The number of aromatic nitrogens is 4. The third kappa shape index (κ3) is 3.80. The van der Waals surface area contributed by atoms with Crippen molar-refractivity contribution in [3.8, 4) is 11.4 Å². The molecule has 0 radical (unpaired) electrons. The maximum absolute atomic E-state index is 13.4. The Labute approximate surface area is 182 Å². The lowest BCUT2D eigenvalue weighted by atomic mass is 10.2. The number of nitrogens with zero attached hydrogens (tertiary/aromatic N) is 4. The first kappa shape index (κ1) is 20.4. The van der Waals surface area contributed by atoms with Crippen molar-refractivity contribution >= 4 is 34.3 Å². The quantitative estimate of drug-likeness (QED) is 0.312. The maximum atomic E-state index is 13.4. The summed E-state index contributed by atoms with van der Waals surface area (Å²) in [6.07, 6.45) is 0.685. The van der Waals surface area contributed by atoms with Crippen LogP contribution in [0.25, 0.3) is 16.6 Å². The average molecular weight is 443 g/mol. The Morgan fingerprint density at radius 2 is 2.03 bits per heavy atom. The molecule has 30 heavy (non-hydrogen) atoms. The zero-order chi connectivity index (χ0) is 21.3. The van der Waals surface area contributed by atoms with Crippen LogP contribution in [0.3, 0.4) is 0 Å². The summed E-state index contributed by atoms with van der Waals surface area (Å²) in [5, 5.41) is 5.18. The largest absolute Gasteiger partial charge is 0.495 e. The first-order valence-corrected chi connectivity index (χ1v) is 10.6. The minimum absolute atomic E-state index is 0.184. The van der Waals surface area contributed by atoms with Crippen molar-refractivity contribution in [2.24, 2.45) is 0 Å². The van der Waals surface area contributed by atoms with Crippen LogP contribution in [-0.2, 0) is 6.42 Å². The van der Waals surface area contributed by atoms with Gasteiger partial charge in [-0.25, -0.2) is 4.98 Å². The van der Waals surface area contributed by atoms with E-state index in [4.69, 9.17) is 25.8 Å². The lowest BCUT2D eigenvalue weighted by Gasteiger charge is -2.15. The molecule has 2 aromatic carbocycles. The van der Waals surface area contributed by atoms with E-state index in [0.29, 0.717) is 50.7 Å². The highest BCUT2D eigenvalue weighted by atomic mass is 35.5. The molecule has 4 aromatic rings. The Hall–Kier alpha value is -2.84. The fraction of sp³-hybridized carbons (Fsp3) is 0.238. The molecule has 0 amide bonds. The van der Waals surface area contributed by atoms with Gasteiger partial charge in [-0.15, -0.1) is 0 Å². The number of thioether (sulfide) groups is 1. The second-order valence-electron chi connectivity index (χ2n) is 6.53. The molecule has 0 aliphatic heterocycles. The van der Waals surface area contributed by atoms with Gasteiger partial charge >= 0.3 is 0 Å². The normalized spacial score (nSPS) is 12.3. The van der Waals surface area contributed by atoms with Gasteiger partial charge in [-0.2, -0.15) is 4.98 Å². The number of halogens is 1. The highest BCUT2D eigenvalue weighted by Gasteiger charge is 2.21. The number of ether oxygens (including phenoxy) is 1. The molecule has 2 heterocycles. The number of hydrogen-bond acceptors (Lipinski definition) is 7. The first-order chi connectivity index (χ1) is 14.5. The smallest absolute Gasteiger partial charge is 0.266 e. The zero-order valence-corrected chi connectivity index (χ0v) is 18.2. The van der Waals surface area contributed by atoms with E-state index in [9.17, 15) is 4.79 Å². The van der Waals surface area contributed by atoms with Gasteiger partial charge in [0.05, 0.1) is 34.0 Å². The molecular weight excluding hydrogens is 424 g/mol. The predicted molar refractivity (Wildman–Crippen MR) is 117 cm³/mol. The van der Waals surface area contributed by atoms with Crippen LogP contribution >= 0.6 is 23.4 Å². The SMILES string of the molecule is CCc1noc(C(C)Sc2nc3ccccc3c(=O)n2-c2ccc(OC)c(Cl)c2)n1. The van der Waals surface area contributed by atoms with E-state index >= 15 is 0 Å². The van der Waals surface area contributed by atoms with Crippen molar-refractivity contribution in [1.82, 2.24) is 19.7 Å². The van der Waals surface area contributed by atoms with Gasteiger partial charge < -0.3 is 9.26 Å². The second-order valence-corrected chi connectivity index (χ2v) is 8.25. The molecule has 0 saturated carbocycles. The molecule has 0 spiro atoms. The van der Waals surface area contributed by atoms with Crippen LogP contribution in [0.15, 0.2) is 56.9 Å². The molecule has 0 saturated heterocycles. The van der Waals surface area contributed by atoms with Crippen molar-refractivity contribution in [2.45, 2.75) is 30.7 Å². The van der Waals surface area contributed by atoms with Crippen LogP contribution in [0, 0.1) is 0 Å². The van der Waals surface area contributed by atoms with E-state index in [1.54, 1.807) is 35.9 Å². The molecule has 0 N–H and O–H groups in total. The summed E-state index contributed by atoms with van der Waals surface area (Å²) in [4.78, 5) is 22.5.